The number of carbonyl (C=O) groups is 1. The molecule has 82 valence electrons. The molecule has 0 aromatic carbocycles. The van der Waals surface area contributed by atoms with Crippen molar-refractivity contribution in [2.45, 2.75) is 27.2 Å². The highest BCUT2D eigenvalue weighted by atomic mass is 16.5. The minimum absolute atomic E-state index is 0.114. The van der Waals surface area contributed by atoms with Gasteiger partial charge in [-0.15, -0.1) is 0 Å². The van der Waals surface area contributed by atoms with Crippen molar-refractivity contribution >= 4 is 5.97 Å². The summed E-state index contributed by atoms with van der Waals surface area (Å²) in [4.78, 5) is 13.8. The molecular formula is C11H21NO2. The quantitative estimate of drug-likeness (QED) is 0.646. The first-order valence-electron chi connectivity index (χ1n) is 5.26. The van der Waals surface area contributed by atoms with Crippen LogP contribution >= 0.6 is 0 Å². The predicted molar refractivity (Wildman–Crippen MR) is 56.0 cm³/mol. The van der Waals surface area contributed by atoms with Crippen molar-refractivity contribution in [3.05, 3.63) is 0 Å². The molecule has 1 aliphatic rings. The van der Waals surface area contributed by atoms with Crippen molar-refractivity contribution in [2.24, 2.45) is 11.3 Å². The molecule has 1 rings (SSSR count). The van der Waals surface area contributed by atoms with Gasteiger partial charge in [0.15, 0.2) is 0 Å². The SMILES string of the molecule is COC(=O)C(C)(C)CN1CCC(C)C1. The van der Waals surface area contributed by atoms with Gasteiger partial charge in [-0.1, -0.05) is 6.92 Å². The van der Waals surface area contributed by atoms with E-state index >= 15 is 0 Å². The summed E-state index contributed by atoms with van der Waals surface area (Å²) >= 11 is 0. The molecule has 14 heavy (non-hydrogen) atoms. The molecule has 1 fully saturated rings. The van der Waals surface area contributed by atoms with E-state index in [0.29, 0.717) is 0 Å². The lowest BCUT2D eigenvalue weighted by Crippen LogP contribution is -2.38. The maximum atomic E-state index is 11.5. The van der Waals surface area contributed by atoms with Gasteiger partial charge in [-0.25, -0.2) is 0 Å². The molecule has 0 aliphatic carbocycles. The number of nitrogens with zero attached hydrogens (tertiary/aromatic N) is 1. The summed E-state index contributed by atoms with van der Waals surface area (Å²) in [5.41, 5.74) is -0.376. The lowest BCUT2D eigenvalue weighted by atomic mass is 9.93. The van der Waals surface area contributed by atoms with Crippen molar-refractivity contribution in [2.75, 3.05) is 26.7 Å². The van der Waals surface area contributed by atoms with E-state index in [1.165, 1.54) is 13.5 Å². The first-order valence-corrected chi connectivity index (χ1v) is 5.26. The Bertz CT molecular complexity index is 213. The van der Waals surface area contributed by atoms with Crippen LogP contribution in [0.5, 0.6) is 0 Å². The average molecular weight is 199 g/mol. The smallest absolute Gasteiger partial charge is 0.312 e. The molecule has 1 aliphatic heterocycles. The molecule has 0 bridgehead atoms. The molecular weight excluding hydrogens is 178 g/mol. The molecule has 0 saturated carbocycles. The second kappa shape index (κ2) is 4.30. The van der Waals surface area contributed by atoms with Crippen LogP contribution in [0.2, 0.25) is 0 Å². The number of hydrogen-bond donors (Lipinski definition) is 0. The van der Waals surface area contributed by atoms with E-state index in [9.17, 15) is 4.79 Å². The number of carbonyl (C=O) groups excluding carboxylic acids is 1. The Kier molecular flexibility index (Phi) is 3.53. The fourth-order valence-electron chi connectivity index (χ4n) is 2.07. The van der Waals surface area contributed by atoms with Gasteiger partial charge in [0, 0.05) is 13.1 Å². The van der Waals surface area contributed by atoms with Gasteiger partial charge in [0.1, 0.15) is 0 Å². The fourth-order valence-corrected chi connectivity index (χ4v) is 2.07. The molecule has 0 aromatic rings. The number of likely N-dealkylation sites (tertiary alicyclic amines) is 1. The first kappa shape index (κ1) is 11.5. The lowest BCUT2D eigenvalue weighted by Gasteiger charge is -2.27. The molecule has 0 amide bonds. The van der Waals surface area contributed by atoms with Gasteiger partial charge in [0.05, 0.1) is 12.5 Å². The Morgan fingerprint density at radius 3 is 2.64 bits per heavy atom. The lowest BCUT2D eigenvalue weighted by molar-refractivity contribution is -0.151. The predicted octanol–water partition coefficient (Wildman–Crippen LogP) is 1.53. The van der Waals surface area contributed by atoms with E-state index in [0.717, 1.165) is 25.6 Å². The highest BCUT2D eigenvalue weighted by Crippen LogP contribution is 2.23. The number of ether oxygens (including phenoxy) is 1. The zero-order valence-corrected chi connectivity index (χ0v) is 9.67. The van der Waals surface area contributed by atoms with Crippen LogP contribution in [-0.4, -0.2) is 37.6 Å². The number of methoxy groups -OCH3 is 1. The molecule has 0 spiro atoms. The maximum absolute atomic E-state index is 11.5. The zero-order valence-electron chi connectivity index (χ0n) is 9.67. The molecule has 0 radical (unpaired) electrons. The summed E-state index contributed by atoms with van der Waals surface area (Å²) in [6.45, 7) is 9.18. The van der Waals surface area contributed by atoms with Crippen LogP contribution in [0.25, 0.3) is 0 Å². The van der Waals surface area contributed by atoms with Crippen molar-refractivity contribution in [1.29, 1.82) is 0 Å². The van der Waals surface area contributed by atoms with Gasteiger partial charge in [0.2, 0.25) is 0 Å². The van der Waals surface area contributed by atoms with E-state index < -0.39 is 0 Å². The Morgan fingerprint density at radius 2 is 2.21 bits per heavy atom. The number of rotatable bonds is 3. The largest absolute Gasteiger partial charge is 0.469 e. The Hall–Kier alpha value is -0.570. The average Bonchev–Trinajstić information content (AvgIpc) is 2.48. The first-order chi connectivity index (χ1) is 6.45. The van der Waals surface area contributed by atoms with E-state index in [2.05, 4.69) is 11.8 Å². The summed E-state index contributed by atoms with van der Waals surface area (Å²) in [7, 11) is 1.46. The summed E-state index contributed by atoms with van der Waals surface area (Å²) in [6, 6.07) is 0. The van der Waals surface area contributed by atoms with Crippen LogP contribution in [0, 0.1) is 11.3 Å². The van der Waals surface area contributed by atoms with Crippen LogP contribution in [-0.2, 0) is 9.53 Å². The van der Waals surface area contributed by atoms with E-state index in [4.69, 9.17) is 4.74 Å². The second-order valence-corrected chi connectivity index (χ2v) is 5.00. The summed E-state index contributed by atoms with van der Waals surface area (Å²) < 4.78 is 4.79. The monoisotopic (exact) mass is 199 g/mol. The highest BCUT2D eigenvalue weighted by molar-refractivity contribution is 5.76. The minimum atomic E-state index is -0.376. The van der Waals surface area contributed by atoms with Crippen LogP contribution in [0.4, 0.5) is 0 Å². The van der Waals surface area contributed by atoms with Crippen LogP contribution in [0.3, 0.4) is 0 Å². The zero-order chi connectivity index (χ0) is 10.8. The third-order valence-electron chi connectivity index (χ3n) is 2.86. The van der Waals surface area contributed by atoms with Crippen LogP contribution in [0.15, 0.2) is 0 Å². The third-order valence-corrected chi connectivity index (χ3v) is 2.86. The maximum Gasteiger partial charge on any atom is 0.312 e. The molecule has 3 heteroatoms. The van der Waals surface area contributed by atoms with Crippen LogP contribution < -0.4 is 0 Å². The fraction of sp³-hybridized carbons (Fsp3) is 0.909. The Labute approximate surface area is 86.4 Å². The number of esters is 1. The van der Waals surface area contributed by atoms with Gasteiger partial charge in [-0.05, 0) is 32.7 Å². The Morgan fingerprint density at radius 1 is 1.57 bits per heavy atom. The molecule has 1 atom stereocenters. The normalized spacial score (nSPS) is 23.9. The second-order valence-electron chi connectivity index (χ2n) is 5.00. The molecule has 1 saturated heterocycles. The summed E-state index contributed by atoms with van der Waals surface area (Å²) in [5.74, 6) is 0.653. The third kappa shape index (κ3) is 2.71. The van der Waals surface area contributed by atoms with Gasteiger partial charge >= 0.3 is 5.97 Å². The van der Waals surface area contributed by atoms with Crippen LogP contribution in [0.1, 0.15) is 27.2 Å². The van der Waals surface area contributed by atoms with E-state index in [1.807, 2.05) is 13.8 Å². The van der Waals surface area contributed by atoms with Crippen molar-refractivity contribution in [3.63, 3.8) is 0 Å². The molecule has 1 unspecified atom stereocenters. The molecule has 0 aromatic heterocycles. The van der Waals surface area contributed by atoms with E-state index in [1.54, 1.807) is 0 Å². The number of hydrogen-bond acceptors (Lipinski definition) is 3. The van der Waals surface area contributed by atoms with Crippen molar-refractivity contribution in [1.82, 2.24) is 4.90 Å². The summed E-state index contributed by atoms with van der Waals surface area (Å²) in [6.07, 6.45) is 1.25. The van der Waals surface area contributed by atoms with Gasteiger partial charge in [-0.3, -0.25) is 4.79 Å². The molecule has 0 N–H and O–H groups in total. The standard InChI is InChI=1S/C11H21NO2/c1-9-5-6-12(7-9)8-11(2,3)10(13)14-4/h9H,5-8H2,1-4H3. The van der Waals surface area contributed by atoms with Gasteiger partial charge in [-0.2, -0.15) is 0 Å². The molecule has 1 heterocycles. The minimum Gasteiger partial charge on any atom is -0.469 e. The van der Waals surface area contributed by atoms with Crippen molar-refractivity contribution in [3.8, 4) is 0 Å². The van der Waals surface area contributed by atoms with Gasteiger partial charge in [0.25, 0.3) is 0 Å². The highest BCUT2D eigenvalue weighted by Gasteiger charge is 2.33. The van der Waals surface area contributed by atoms with Crippen molar-refractivity contribution < 1.29 is 9.53 Å². The molecule has 3 nitrogen and oxygen atoms in total. The Balaban J connectivity index is 2.46. The summed E-state index contributed by atoms with van der Waals surface area (Å²) in [5, 5.41) is 0. The van der Waals surface area contributed by atoms with Gasteiger partial charge < -0.3 is 9.64 Å². The topological polar surface area (TPSA) is 29.5 Å². The van der Waals surface area contributed by atoms with E-state index in [-0.39, 0.29) is 11.4 Å².